The fraction of sp³-hybridized carbons (Fsp3) is 0.400. The zero-order valence-electron chi connectivity index (χ0n) is 4.55. The van der Waals surface area contributed by atoms with Gasteiger partial charge in [0.05, 0.1) is 12.8 Å². The molecule has 0 aliphatic carbocycles. The molecule has 0 aromatic heterocycles. The SMILES string of the molecule is C=COC1=NCCN1. The molecule has 0 saturated carbocycles. The van der Waals surface area contributed by atoms with E-state index in [4.69, 9.17) is 4.74 Å². The summed E-state index contributed by atoms with van der Waals surface area (Å²) in [5.74, 6) is 0. The minimum Gasteiger partial charge on any atom is -0.435 e. The third kappa shape index (κ3) is 0.992. The molecule has 1 aliphatic rings. The normalized spacial score (nSPS) is 16.8. The van der Waals surface area contributed by atoms with E-state index in [-0.39, 0.29) is 0 Å². The Labute approximate surface area is 48.1 Å². The van der Waals surface area contributed by atoms with Crippen LogP contribution in [-0.4, -0.2) is 19.1 Å². The van der Waals surface area contributed by atoms with Crippen LogP contribution in [0.15, 0.2) is 17.8 Å². The van der Waals surface area contributed by atoms with Gasteiger partial charge in [-0.2, -0.15) is 0 Å². The summed E-state index contributed by atoms with van der Waals surface area (Å²) in [6.45, 7) is 5.07. The van der Waals surface area contributed by atoms with Crippen molar-refractivity contribution in [1.82, 2.24) is 5.32 Å². The second-order valence-corrected chi connectivity index (χ2v) is 1.40. The van der Waals surface area contributed by atoms with Crippen LogP contribution in [0.4, 0.5) is 0 Å². The fourth-order valence-corrected chi connectivity index (χ4v) is 0.534. The van der Waals surface area contributed by atoms with Crippen molar-refractivity contribution in [2.45, 2.75) is 0 Å². The average Bonchev–Trinajstić information content (AvgIpc) is 2.19. The summed E-state index contributed by atoms with van der Waals surface area (Å²) in [5.41, 5.74) is 0. The van der Waals surface area contributed by atoms with Crippen LogP contribution >= 0.6 is 0 Å². The Hall–Kier alpha value is -0.990. The smallest absolute Gasteiger partial charge is 0.289 e. The number of rotatable bonds is 1. The Balaban J connectivity index is 2.33. The van der Waals surface area contributed by atoms with Crippen molar-refractivity contribution >= 4 is 6.02 Å². The lowest BCUT2D eigenvalue weighted by molar-refractivity contribution is 0.456. The van der Waals surface area contributed by atoms with Gasteiger partial charge in [0.15, 0.2) is 0 Å². The molecule has 0 aromatic rings. The minimum atomic E-state index is 0.583. The number of ether oxygens (including phenoxy) is 1. The van der Waals surface area contributed by atoms with Gasteiger partial charge in [0, 0.05) is 6.54 Å². The molecule has 1 heterocycles. The lowest BCUT2D eigenvalue weighted by Gasteiger charge is -1.95. The van der Waals surface area contributed by atoms with Crippen LogP contribution in [-0.2, 0) is 4.74 Å². The molecule has 0 atom stereocenters. The average molecular weight is 112 g/mol. The summed E-state index contributed by atoms with van der Waals surface area (Å²) in [6, 6.07) is 0.583. The maximum Gasteiger partial charge on any atom is 0.289 e. The highest BCUT2D eigenvalue weighted by atomic mass is 16.5. The quantitative estimate of drug-likeness (QED) is 0.488. The first kappa shape index (κ1) is 5.15. The van der Waals surface area contributed by atoms with E-state index in [9.17, 15) is 0 Å². The number of aliphatic imine (C=N–C) groups is 1. The highest BCUT2D eigenvalue weighted by molar-refractivity contribution is 5.75. The third-order valence-corrected chi connectivity index (χ3v) is 0.838. The first-order valence-electron chi connectivity index (χ1n) is 2.49. The molecule has 0 bridgehead atoms. The Morgan fingerprint density at radius 2 is 2.75 bits per heavy atom. The van der Waals surface area contributed by atoms with Crippen LogP contribution in [0.25, 0.3) is 0 Å². The highest BCUT2D eigenvalue weighted by Gasteiger charge is 2.01. The molecular weight excluding hydrogens is 104 g/mol. The molecule has 0 saturated heterocycles. The van der Waals surface area contributed by atoms with Crippen LogP contribution in [0.3, 0.4) is 0 Å². The van der Waals surface area contributed by atoms with Crippen LogP contribution < -0.4 is 5.32 Å². The Bertz CT molecular complexity index is 120. The largest absolute Gasteiger partial charge is 0.435 e. The number of amidine groups is 1. The topological polar surface area (TPSA) is 33.6 Å². The Morgan fingerprint density at radius 1 is 1.88 bits per heavy atom. The van der Waals surface area contributed by atoms with Gasteiger partial charge in [-0.05, 0) is 0 Å². The minimum absolute atomic E-state index is 0.583. The molecule has 0 aromatic carbocycles. The van der Waals surface area contributed by atoms with E-state index in [1.54, 1.807) is 0 Å². The third-order valence-electron chi connectivity index (χ3n) is 0.838. The van der Waals surface area contributed by atoms with Gasteiger partial charge in [0.1, 0.15) is 0 Å². The van der Waals surface area contributed by atoms with E-state index >= 15 is 0 Å². The van der Waals surface area contributed by atoms with Gasteiger partial charge in [-0.1, -0.05) is 6.58 Å². The van der Waals surface area contributed by atoms with Crippen molar-refractivity contribution in [3.63, 3.8) is 0 Å². The molecule has 8 heavy (non-hydrogen) atoms. The summed E-state index contributed by atoms with van der Waals surface area (Å²) < 4.78 is 4.81. The van der Waals surface area contributed by atoms with Crippen LogP contribution in [0, 0.1) is 0 Å². The van der Waals surface area contributed by atoms with Crippen molar-refractivity contribution in [2.24, 2.45) is 4.99 Å². The van der Waals surface area contributed by atoms with Crippen molar-refractivity contribution in [2.75, 3.05) is 13.1 Å². The molecule has 3 heteroatoms. The van der Waals surface area contributed by atoms with E-state index in [1.807, 2.05) is 0 Å². The van der Waals surface area contributed by atoms with Gasteiger partial charge in [-0.15, -0.1) is 0 Å². The van der Waals surface area contributed by atoms with Crippen LogP contribution in [0.1, 0.15) is 0 Å². The van der Waals surface area contributed by atoms with Gasteiger partial charge in [0.2, 0.25) is 0 Å². The predicted octanol–water partition coefficient (Wildman–Crippen LogP) is 0.106. The van der Waals surface area contributed by atoms with Gasteiger partial charge < -0.3 is 10.1 Å². The second kappa shape index (κ2) is 2.35. The van der Waals surface area contributed by atoms with Crippen molar-refractivity contribution in [3.8, 4) is 0 Å². The monoisotopic (exact) mass is 112 g/mol. The van der Waals surface area contributed by atoms with Gasteiger partial charge in [0.25, 0.3) is 6.02 Å². The number of hydrogen-bond acceptors (Lipinski definition) is 3. The van der Waals surface area contributed by atoms with Gasteiger partial charge >= 0.3 is 0 Å². The standard InChI is InChI=1S/C5H8N2O/c1-2-8-5-6-3-4-7-5/h2H,1,3-4H2,(H,6,7). The van der Waals surface area contributed by atoms with E-state index in [2.05, 4.69) is 16.9 Å². The summed E-state index contributed by atoms with van der Waals surface area (Å²) in [4.78, 5) is 3.94. The molecular formula is C5H8N2O. The first-order valence-corrected chi connectivity index (χ1v) is 2.49. The fourth-order valence-electron chi connectivity index (χ4n) is 0.534. The molecule has 0 fully saturated rings. The van der Waals surface area contributed by atoms with Gasteiger partial charge in [-0.25, -0.2) is 4.99 Å². The lowest BCUT2D eigenvalue weighted by Crippen LogP contribution is -2.19. The molecule has 1 N–H and O–H groups in total. The Morgan fingerprint density at radius 3 is 3.25 bits per heavy atom. The molecule has 44 valence electrons. The predicted molar refractivity (Wildman–Crippen MR) is 31.6 cm³/mol. The zero-order valence-corrected chi connectivity index (χ0v) is 4.55. The lowest BCUT2D eigenvalue weighted by atomic mass is 10.7. The molecule has 0 spiro atoms. The number of nitrogens with zero attached hydrogens (tertiary/aromatic N) is 1. The van der Waals surface area contributed by atoms with Crippen molar-refractivity contribution in [3.05, 3.63) is 12.8 Å². The highest BCUT2D eigenvalue weighted by Crippen LogP contribution is 1.85. The van der Waals surface area contributed by atoms with E-state index in [0.29, 0.717) is 6.02 Å². The maximum atomic E-state index is 4.81. The van der Waals surface area contributed by atoms with E-state index < -0.39 is 0 Å². The van der Waals surface area contributed by atoms with Crippen molar-refractivity contribution in [1.29, 1.82) is 0 Å². The summed E-state index contributed by atoms with van der Waals surface area (Å²) in [7, 11) is 0. The van der Waals surface area contributed by atoms with Crippen LogP contribution in [0.5, 0.6) is 0 Å². The van der Waals surface area contributed by atoms with Crippen molar-refractivity contribution < 1.29 is 4.74 Å². The molecule has 0 unspecified atom stereocenters. The molecule has 0 amide bonds. The number of hydrogen-bond donors (Lipinski definition) is 1. The van der Waals surface area contributed by atoms with E-state index in [1.165, 1.54) is 6.26 Å². The molecule has 0 radical (unpaired) electrons. The summed E-state index contributed by atoms with van der Waals surface area (Å²) in [6.07, 6.45) is 1.36. The molecule has 3 nitrogen and oxygen atoms in total. The molecule has 1 rings (SSSR count). The van der Waals surface area contributed by atoms with Crippen LogP contribution in [0.2, 0.25) is 0 Å². The first-order chi connectivity index (χ1) is 3.93. The summed E-state index contributed by atoms with van der Waals surface area (Å²) >= 11 is 0. The van der Waals surface area contributed by atoms with E-state index in [0.717, 1.165) is 13.1 Å². The Kier molecular flexibility index (Phi) is 1.51. The van der Waals surface area contributed by atoms with Gasteiger partial charge in [-0.3, -0.25) is 0 Å². The number of nitrogens with one attached hydrogen (secondary N) is 1. The summed E-state index contributed by atoms with van der Waals surface area (Å²) in [5, 5.41) is 2.91. The second-order valence-electron chi connectivity index (χ2n) is 1.40. The maximum absolute atomic E-state index is 4.81. The zero-order chi connectivity index (χ0) is 5.82. The molecule has 1 aliphatic heterocycles.